The van der Waals surface area contributed by atoms with Crippen molar-refractivity contribution in [3.05, 3.63) is 134 Å². The highest BCUT2D eigenvalue weighted by Crippen LogP contribution is 2.32. The lowest BCUT2D eigenvalue weighted by Crippen LogP contribution is -2.54. The summed E-state index contributed by atoms with van der Waals surface area (Å²) < 4.78 is 37.3. The third-order valence-corrected chi connectivity index (χ3v) is 12.0. The number of fused-ring (bicyclic) bond motifs is 2. The van der Waals surface area contributed by atoms with Gasteiger partial charge < -0.3 is 34.6 Å². The Labute approximate surface area is 406 Å². The second-order valence-electron chi connectivity index (χ2n) is 16.6. The number of aromatic amines is 2. The van der Waals surface area contributed by atoms with Crippen LogP contribution < -0.4 is 21.5 Å². The number of nitrogens with one attached hydrogen (secondary N) is 5. The number of aromatic nitrogens is 4. The van der Waals surface area contributed by atoms with Crippen LogP contribution in [0, 0.1) is 5.82 Å². The average molecular weight is 979 g/mol. The monoisotopic (exact) mass is 978 g/mol. The zero-order chi connectivity index (χ0) is 49.0. The highest BCUT2D eigenvalue weighted by Gasteiger charge is 2.45. The van der Waals surface area contributed by atoms with Gasteiger partial charge in [0.15, 0.2) is 0 Å². The van der Waals surface area contributed by atoms with Gasteiger partial charge in [-0.05, 0) is 91.3 Å². The highest BCUT2D eigenvalue weighted by atomic mass is 35.5. The maximum absolute atomic E-state index is 13.9. The van der Waals surface area contributed by atoms with Gasteiger partial charge in [0.05, 0.1) is 67.5 Å². The summed E-state index contributed by atoms with van der Waals surface area (Å²) in [6.07, 6.45) is 2.68. The largest absolute Gasteiger partial charge is 0.383 e. The topological polar surface area (TPSA) is 228 Å². The van der Waals surface area contributed by atoms with E-state index in [2.05, 4.69) is 31.0 Å². The minimum Gasteiger partial charge on any atom is -0.383 e. The molecule has 5 N–H and O–H groups in total. The molecule has 366 valence electrons. The summed E-state index contributed by atoms with van der Waals surface area (Å²) in [7, 11) is 0. The summed E-state index contributed by atoms with van der Waals surface area (Å²) in [5.74, 6) is -2.64. The number of aryl methyl sites for hydroxylation is 2. The smallest absolute Gasteiger partial charge is 0.277 e. The van der Waals surface area contributed by atoms with Crippen LogP contribution >= 0.6 is 11.6 Å². The van der Waals surface area contributed by atoms with Crippen LogP contribution in [0.15, 0.2) is 89.7 Å². The van der Waals surface area contributed by atoms with E-state index in [1.165, 1.54) is 22.9 Å². The number of hydrogen-bond donors (Lipinski definition) is 5. The van der Waals surface area contributed by atoms with E-state index < -0.39 is 29.7 Å². The van der Waals surface area contributed by atoms with Crippen LogP contribution in [0.5, 0.6) is 0 Å². The number of piperidine rings is 1. The van der Waals surface area contributed by atoms with Gasteiger partial charge in [0.1, 0.15) is 18.5 Å². The lowest BCUT2D eigenvalue weighted by molar-refractivity contribution is -0.136. The predicted molar refractivity (Wildman–Crippen MR) is 257 cm³/mol. The Balaban J connectivity index is 0.670. The standard InChI is InChI=1S/C50H52ClFN8O10/c51-34-13-17-38-40(29-34)56-50(55-38)60-48(65)37(16-10-32-8-14-35(52)15-9-32)45(58-60)33-11-6-31(7-12-33)3-2-22-67-23-24-68-25-26-69-27-28-70-30-43(62)54-21-20-53-39-5-1-4-36-44(39)49(66)59(47(36)64)41-18-19-42(61)57-46(41)63/h1,4-9,11-15,17,29,41,53,58H,2-3,10,16,18-28,30H2,(H,54,62)(H,55,56)(H,57,61,63). The number of nitrogens with zero attached hydrogens (tertiary/aromatic N) is 3. The first-order valence-corrected chi connectivity index (χ1v) is 23.4. The van der Waals surface area contributed by atoms with Gasteiger partial charge in [-0.15, -0.1) is 0 Å². The number of carbonyl (C=O) groups is 5. The average Bonchev–Trinajstić information content (AvgIpc) is 4.00. The lowest BCUT2D eigenvalue weighted by Gasteiger charge is -2.27. The Morgan fingerprint density at radius 3 is 2.23 bits per heavy atom. The molecule has 4 aromatic carbocycles. The van der Waals surface area contributed by atoms with Crippen molar-refractivity contribution in [1.82, 2.24) is 35.3 Å². The molecule has 0 bridgehead atoms. The molecule has 1 saturated heterocycles. The molecule has 0 aliphatic carbocycles. The number of amides is 5. The van der Waals surface area contributed by atoms with Gasteiger partial charge in [-0.3, -0.25) is 44.1 Å². The summed E-state index contributed by atoms with van der Waals surface area (Å²) in [6, 6.07) is 23.4. The second kappa shape index (κ2) is 23.5. The van der Waals surface area contributed by atoms with Gasteiger partial charge >= 0.3 is 0 Å². The molecule has 4 heterocycles. The maximum Gasteiger partial charge on any atom is 0.277 e. The predicted octanol–water partition coefficient (Wildman–Crippen LogP) is 4.92. The quantitative estimate of drug-likeness (QED) is 0.0381. The number of carbonyl (C=O) groups excluding carboxylic acids is 5. The number of halogens is 2. The number of imidazole rings is 1. The molecule has 2 aromatic heterocycles. The molecule has 1 unspecified atom stereocenters. The molecule has 0 spiro atoms. The van der Waals surface area contributed by atoms with E-state index in [9.17, 15) is 33.2 Å². The summed E-state index contributed by atoms with van der Waals surface area (Å²) >= 11 is 6.19. The third-order valence-electron chi connectivity index (χ3n) is 11.8. The number of ether oxygens (including phenoxy) is 4. The molecular formula is C50H52ClFN8O10. The number of imide groups is 2. The zero-order valence-electron chi connectivity index (χ0n) is 38.2. The van der Waals surface area contributed by atoms with E-state index >= 15 is 0 Å². The molecule has 2 aliphatic rings. The minimum atomic E-state index is -1.06. The fourth-order valence-corrected chi connectivity index (χ4v) is 8.41. The van der Waals surface area contributed by atoms with Crippen LogP contribution in [0.1, 0.15) is 56.7 Å². The Kier molecular flexibility index (Phi) is 16.6. The lowest BCUT2D eigenvalue weighted by atomic mass is 10.00. The van der Waals surface area contributed by atoms with Crippen LogP contribution in [0.25, 0.3) is 28.2 Å². The van der Waals surface area contributed by atoms with Gasteiger partial charge in [0.2, 0.25) is 23.7 Å². The van der Waals surface area contributed by atoms with Gasteiger partial charge in [0.25, 0.3) is 17.4 Å². The first-order valence-electron chi connectivity index (χ1n) is 23.0. The van der Waals surface area contributed by atoms with Crippen molar-refractivity contribution in [3.8, 4) is 17.2 Å². The first kappa shape index (κ1) is 49.4. The van der Waals surface area contributed by atoms with Crippen molar-refractivity contribution in [3.63, 3.8) is 0 Å². The van der Waals surface area contributed by atoms with Crippen molar-refractivity contribution in [1.29, 1.82) is 0 Å². The van der Waals surface area contributed by atoms with E-state index in [4.69, 9.17) is 30.5 Å². The Hall–Kier alpha value is -7.03. The Morgan fingerprint density at radius 2 is 1.49 bits per heavy atom. The fourth-order valence-electron chi connectivity index (χ4n) is 8.24. The molecule has 20 heteroatoms. The molecule has 0 radical (unpaired) electrons. The molecule has 1 fully saturated rings. The molecule has 18 nitrogen and oxygen atoms in total. The first-order chi connectivity index (χ1) is 34.0. The number of H-pyrrole nitrogens is 2. The van der Waals surface area contributed by atoms with Crippen LogP contribution in [-0.4, -0.2) is 126 Å². The molecule has 8 rings (SSSR count). The van der Waals surface area contributed by atoms with Gasteiger partial charge in [-0.1, -0.05) is 54.1 Å². The van der Waals surface area contributed by atoms with Gasteiger partial charge in [-0.25, -0.2) is 9.37 Å². The van der Waals surface area contributed by atoms with E-state index in [1.807, 2.05) is 24.3 Å². The minimum absolute atomic E-state index is 0.0311. The molecule has 70 heavy (non-hydrogen) atoms. The Morgan fingerprint density at radius 1 is 0.786 bits per heavy atom. The van der Waals surface area contributed by atoms with Crippen LogP contribution in [0.4, 0.5) is 10.1 Å². The van der Waals surface area contributed by atoms with E-state index in [0.29, 0.717) is 84.8 Å². The van der Waals surface area contributed by atoms with Gasteiger partial charge in [0, 0.05) is 42.4 Å². The normalized spacial score (nSPS) is 14.7. The summed E-state index contributed by atoms with van der Waals surface area (Å²) in [5.41, 5.74) is 6.02. The maximum atomic E-state index is 13.9. The van der Waals surface area contributed by atoms with Crippen molar-refractivity contribution >= 4 is 57.9 Å². The molecule has 0 saturated carbocycles. The van der Waals surface area contributed by atoms with Crippen molar-refractivity contribution in [2.75, 3.05) is 71.3 Å². The number of rotatable bonds is 25. The number of benzene rings is 4. The Bertz CT molecular complexity index is 2900. The zero-order valence-corrected chi connectivity index (χ0v) is 38.9. The van der Waals surface area contributed by atoms with Crippen molar-refractivity contribution in [2.45, 2.75) is 44.6 Å². The molecule has 5 amide bonds. The van der Waals surface area contributed by atoms with Crippen LogP contribution in [0.3, 0.4) is 0 Å². The number of anilines is 1. The highest BCUT2D eigenvalue weighted by molar-refractivity contribution is 6.31. The molecule has 2 aliphatic heterocycles. The SMILES string of the molecule is O=C(COCCOCCOCCOCCCc1ccc(-c2[nH]n(-c3nc4ccc(Cl)cc4[nH]3)c(=O)c2CCc2ccc(F)cc2)cc1)NCCNc1cccc2c1C(=O)N(C1CCC(=O)NC1=O)C2=O. The number of hydrogen-bond acceptors (Lipinski definition) is 12. The van der Waals surface area contributed by atoms with E-state index in [-0.39, 0.29) is 74.2 Å². The fraction of sp³-hybridized carbons (Fsp3) is 0.340. The molecule has 6 aromatic rings. The van der Waals surface area contributed by atoms with E-state index in [1.54, 1.807) is 42.5 Å². The van der Waals surface area contributed by atoms with Crippen LogP contribution in [-0.2, 0) is 52.6 Å². The second-order valence-corrected chi connectivity index (χ2v) is 17.0. The molecule has 1 atom stereocenters. The van der Waals surface area contributed by atoms with Crippen molar-refractivity contribution < 1.29 is 47.3 Å². The summed E-state index contributed by atoms with van der Waals surface area (Å²) in [6.45, 7) is 2.91. The molecular weight excluding hydrogens is 927 g/mol. The summed E-state index contributed by atoms with van der Waals surface area (Å²) in [5, 5.41) is 11.8. The van der Waals surface area contributed by atoms with Crippen molar-refractivity contribution in [2.24, 2.45) is 0 Å². The van der Waals surface area contributed by atoms with E-state index in [0.717, 1.165) is 34.4 Å². The van der Waals surface area contributed by atoms with Gasteiger partial charge in [-0.2, -0.15) is 4.68 Å². The van der Waals surface area contributed by atoms with Crippen LogP contribution in [0.2, 0.25) is 5.02 Å². The third kappa shape index (κ3) is 12.2. The summed E-state index contributed by atoms with van der Waals surface area (Å²) in [4.78, 5) is 85.0.